The number of alkyl halides is 4. The van der Waals surface area contributed by atoms with E-state index in [0.717, 1.165) is 61.7 Å². The first-order chi connectivity index (χ1) is 62.2. The Bertz CT molecular complexity index is 5080. The average molecular weight is 1880 g/mol. The molecule has 135 heavy (non-hydrogen) atoms. The molecule has 24 nitrogen and oxygen atoms in total. The molecule has 11 aromatic rings. The van der Waals surface area contributed by atoms with E-state index in [4.69, 9.17) is 9.47 Å². The molecule has 2 saturated heterocycles. The molecule has 2 saturated carbocycles. The van der Waals surface area contributed by atoms with E-state index in [1.807, 2.05) is 132 Å². The molecule has 0 aromatic carbocycles. The van der Waals surface area contributed by atoms with Crippen molar-refractivity contribution in [3.05, 3.63) is 216 Å². The first kappa shape index (κ1) is 114. The minimum atomic E-state index is -2.54. The molecular weight excluding hydrogens is 1700 g/mol. The van der Waals surface area contributed by atoms with Crippen LogP contribution < -0.4 is 0 Å². The van der Waals surface area contributed by atoms with E-state index in [1.165, 1.54) is 90.1 Å². The van der Waals surface area contributed by atoms with Crippen LogP contribution in [-0.4, -0.2) is 167 Å². The zero-order chi connectivity index (χ0) is 101. The number of piperidine rings is 1. The Labute approximate surface area is 808 Å². The first-order valence-corrected chi connectivity index (χ1v) is 48.6. The summed E-state index contributed by atoms with van der Waals surface area (Å²) in [6, 6.07) is 11.9. The lowest BCUT2D eigenvalue weighted by molar-refractivity contribution is -0.0450. The minimum Gasteiger partial charge on any atom is -0.389 e. The van der Waals surface area contributed by atoms with Gasteiger partial charge in [-0.15, -0.1) is 0 Å². The van der Waals surface area contributed by atoms with Gasteiger partial charge >= 0.3 is 6.55 Å². The maximum Gasteiger partial charge on any atom is 0.333 e. The summed E-state index contributed by atoms with van der Waals surface area (Å²) in [5.41, 5.74) is 13.9. The second-order valence-corrected chi connectivity index (χ2v) is 47.4. The SMILES string of the molecule is CC(C)(C)c1ccccn1.CC(C)(C)c1cnn(-c2ccncc2)c1.CC(C)(C)c1cnn(C(F)F)c1.CC(C)(C)c1cnn(C2CC2)c1.CC(C)(C)c1cnn(C2CCC(F)(F)CC2)c1.CC(C)(C)c1cnn(C2CCOCC2)c1.CC(C)(O)Cn1cc(C(C)(C)C)cn1.CCn1cc(C(C)(C)C)cn1.CN1CCC(n2cc(C(C)(C)C)cn2)CC1.COCCn1cc(C(C)(C)C)cn1. The molecule has 752 valence electrons. The fourth-order valence-corrected chi connectivity index (χ4v) is 13.7. The number of aromatic nitrogens is 20. The highest BCUT2D eigenvalue weighted by Gasteiger charge is 2.37. The molecule has 0 bridgehead atoms. The molecule has 2 aliphatic carbocycles. The monoisotopic (exact) mass is 1880 g/mol. The molecule has 4 aliphatic rings. The number of aryl methyl sites for hydroxylation is 1. The summed E-state index contributed by atoms with van der Waals surface area (Å²) >= 11 is 0. The first-order valence-electron chi connectivity index (χ1n) is 48.6. The average Bonchev–Trinajstić information content (AvgIpc) is 1.69. The van der Waals surface area contributed by atoms with Crippen molar-refractivity contribution < 1.29 is 32.1 Å². The van der Waals surface area contributed by atoms with Gasteiger partial charge in [0.1, 0.15) is 0 Å². The second-order valence-electron chi connectivity index (χ2n) is 47.4. The van der Waals surface area contributed by atoms with Crippen LogP contribution in [0.25, 0.3) is 5.69 Å². The van der Waals surface area contributed by atoms with Crippen molar-refractivity contribution in [3.63, 3.8) is 0 Å². The van der Waals surface area contributed by atoms with Gasteiger partial charge in [-0.2, -0.15) is 54.7 Å². The van der Waals surface area contributed by atoms with Gasteiger partial charge in [-0.1, -0.05) is 214 Å². The topological polar surface area (TPSA) is 228 Å². The fourth-order valence-electron chi connectivity index (χ4n) is 13.7. The molecular formula is C107H173F4N21O3. The molecule has 28 heteroatoms. The summed E-state index contributed by atoms with van der Waals surface area (Å²) in [7, 11) is 3.90. The third-order valence-electron chi connectivity index (χ3n) is 23.9. The van der Waals surface area contributed by atoms with Crippen molar-refractivity contribution in [2.24, 2.45) is 0 Å². The summed E-state index contributed by atoms with van der Waals surface area (Å²) in [4.78, 5) is 10.6. The molecule has 0 spiro atoms. The van der Waals surface area contributed by atoms with Crippen LogP contribution >= 0.6 is 0 Å². The largest absolute Gasteiger partial charge is 0.389 e. The van der Waals surface area contributed by atoms with Crippen molar-refractivity contribution >= 4 is 0 Å². The van der Waals surface area contributed by atoms with E-state index in [-0.39, 0.29) is 73.0 Å². The maximum absolute atomic E-state index is 13.1. The van der Waals surface area contributed by atoms with Crippen LogP contribution in [0, 0.1) is 0 Å². The van der Waals surface area contributed by atoms with Gasteiger partial charge in [0.2, 0.25) is 5.92 Å². The third-order valence-corrected chi connectivity index (χ3v) is 23.9. The van der Waals surface area contributed by atoms with Crippen LogP contribution in [0.15, 0.2) is 160 Å². The van der Waals surface area contributed by atoms with E-state index in [9.17, 15) is 22.7 Å². The Morgan fingerprint density at radius 1 is 0.393 bits per heavy atom. The summed E-state index contributed by atoms with van der Waals surface area (Å²) in [5.74, 6) is -2.46. The van der Waals surface area contributed by atoms with Gasteiger partial charge in [-0.25, -0.2) is 18.1 Å². The predicted octanol–water partition coefficient (Wildman–Crippen LogP) is 24.9. The number of methoxy groups -OCH3 is 1. The van der Waals surface area contributed by atoms with Crippen molar-refractivity contribution in [2.45, 2.75) is 409 Å². The highest BCUT2D eigenvalue weighted by Crippen LogP contribution is 2.40. The molecule has 0 unspecified atom stereocenters. The Morgan fingerprint density at radius 3 is 1.05 bits per heavy atom. The quantitative estimate of drug-likeness (QED) is 0.112. The van der Waals surface area contributed by atoms with Crippen molar-refractivity contribution in [1.82, 2.24) is 103 Å². The number of nitrogens with zero attached hydrogens (tertiary/aromatic N) is 21. The molecule has 0 atom stereocenters. The summed E-state index contributed by atoms with van der Waals surface area (Å²) in [6.45, 7) is 75.2. The van der Waals surface area contributed by atoms with Crippen LogP contribution in [0.3, 0.4) is 0 Å². The normalized spacial score (nSPS) is 15.7. The van der Waals surface area contributed by atoms with Crippen LogP contribution in [0.4, 0.5) is 17.6 Å². The summed E-state index contributed by atoms with van der Waals surface area (Å²) < 4.78 is 77.1. The van der Waals surface area contributed by atoms with Gasteiger partial charge in [0.25, 0.3) is 0 Å². The van der Waals surface area contributed by atoms with Crippen LogP contribution in [-0.2, 0) is 83.3 Å². The highest BCUT2D eigenvalue weighted by molar-refractivity contribution is 5.30. The smallest absolute Gasteiger partial charge is 0.333 e. The lowest BCUT2D eigenvalue weighted by Gasteiger charge is -2.29. The van der Waals surface area contributed by atoms with Crippen molar-refractivity contribution in [1.29, 1.82) is 0 Å². The van der Waals surface area contributed by atoms with Crippen LogP contribution in [0.2, 0.25) is 0 Å². The minimum absolute atomic E-state index is 0.0115. The molecule has 0 radical (unpaired) electrons. The lowest BCUT2D eigenvalue weighted by atomic mass is 9.89. The van der Waals surface area contributed by atoms with Gasteiger partial charge in [-0.05, 0) is 215 Å². The predicted molar refractivity (Wildman–Crippen MR) is 541 cm³/mol. The Morgan fingerprint density at radius 2 is 0.733 bits per heavy atom. The van der Waals surface area contributed by atoms with Gasteiger partial charge in [-0.3, -0.25) is 42.7 Å². The van der Waals surface area contributed by atoms with Crippen molar-refractivity contribution in [3.8, 4) is 5.69 Å². The third kappa shape index (κ3) is 40.4. The fraction of sp³-hybridized carbons (Fsp3) is 0.654. The Kier molecular flexibility index (Phi) is 41.4. The molecule has 13 heterocycles. The van der Waals surface area contributed by atoms with Crippen LogP contribution in [0.1, 0.15) is 379 Å². The maximum atomic E-state index is 13.1. The standard InChI is InChI=1S/C13H20F2N2.C13H23N3.C12H15N3.C12H20N2O.C11H20N2O.C10H18N2O.C10H16N2.C9H16N2.C9H13N.C8H12F2N2/c1-12(2,3)10-8-16-17(9-10)11-4-6-13(14,15)7-5-11;1-13(2,3)11-9-14-16(10-11)12-5-7-15(4)8-6-12;1-12(2,3)10-8-14-15(9-10)11-4-6-13-7-5-11;1-12(2,3)10-8-13-14(9-10)11-4-6-15-7-5-11;1-10(2,3)9-6-12-13(7-9)8-11(4,5)14;1-10(2,3)9-7-11-12(8-9)5-6-13-4;1-10(2,3)8-6-11-12(7-8)9-4-5-9;1-5-11-7-8(6-10-11)9(2,3)4;1-9(2,3)8-6-4-5-7-10-8;1-8(2,3)6-4-11-12(5-6)7(9)10/h8-9,11H,4-7H2,1-3H3;9-10,12H,5-8H2,1-4H3;4-9H,1-3H3;8-9,11H,4-7H2,1-3H3;6-7,14H,8H2,1-5H3;7-8H,5-6H2,1-4H3;6-7,9H,4-5H2,1-3H3;6-7H,5H2,1-4H3;4-7H,1-3H3;4-5,7H,1-3H3. The number of pyridine rings is 2. The van der Waals surface area contributed by atoms with Gasteiger partial charge < -0.3 is 19.5 Å². The summed E-state index contributed by atoms with van der Waals surface area (Å²) in [6.07, 6.45) is 48.9. The number of aliphatic hydroxyl groups is 1. The molecule has 4 fully saturated rings. The number of ether oxygens (including phenoxy) is 2. The number of hydrogen-bond donors (Lipinski definition) is 1. The lowest BCUT2D eigenvalue weighted by Crippen LogP contribution is -2.31. The number of rotatable bonds is 12. The molecule has 15 rings (SSSR count). The Balaban J connectivity index is 0.000000231. The van der Waals surface area contributed by atoms with E-state index in [0.29, 0.717) is 48.8 Å². The number of hydrogen-bond acceptors (Lipinski definition) is 15. The number of likely N-dealkylation sites (tertiary alicyclic amines) is 1. The van der Waals surface area contributed by atoms with Gasteiger partial charge in [0.15, 0.2) is 0 Å². The Hall–Kier alpha value is -9.25. The van der Waals surface area contributed by atoms with E-state index in [1.54, 1.807) is 38.0 Å². The second kappa shape index (κ2) is 48.9. The number of halogens is 4. The van der Waals surface area contributed by atoms with E-state index < -0.39 is 18.1 Å². The highest BCUT2D eigenvalue weighted by atomic mass is 19.3. The van der Waals surface area contributed by atoms with Crippen LogP contribution in [0.5, 0.6) is 0 Å². The molecule has 2 aliphatic heterocycles. The molecule has 1 N–H and O–H groups in total. The van der Waals surface area contributed by atoms with E-state index in [2.05, 4.69) is 319 Å². The zero-order valence-electron chi connectivity index (χ0n) is 89.3. The van der Waals surface area contributed by atoms with Gasteiger partial charge in [0.05, 0.1) is 111 Å². The molecule has 11 aromatic heterocycles. The van der Waals surface area contributed by atoms with E-state index >= 15 is 0 Å². The van der Waals surface area contributed by atoms with Gasteiger partial charge in [0, 0.05) is 125 Å². The molecule has 0 amide bonds. The summed E-state index contributed by atoms with van der Waals surface area (Å²) in [5, 5.41) is 47.9. The zero-order valence-corrected chi connectivity index (χ0v) is 89.3. The van der Waals surface area contributed by atoms with Crippen molar-refractivity contribution in [2.75, 3.05) is 47.1 Å².